The van der Waals surface area contributed by atoms with Gasteiger partial charge in [-0.2, -0.15) is 0 Å². The highest BCUT2D eigenvalue weighted by atomic mass is 35.5. The Balaban J connectivity index is 1.88. The Hall–Kier alpha value is -2.08. The molecule has 33 heavy (non-hydrogen) atoms. The molecule has 176 valence electrons. The predicted molar refractivity (Wildman–Crippen MR) is 128 cm³/mol. The van der Waals surface area contributed by atoms with Crippen molar-refractivity contribution in [1.29, 1.82) is 0 Å². The first-order valence-electron chi connectivity index (χ1n) is 11.3. The summed E-state index contributed by atoms with van der Waals surface area (Å²) < 4.78 is 4.94. The standard InChI is InChI=1S/C26H29Cl2NO4/c1-26(14-23(31)33-2)13-21(18-4-3-5-20(28)12-18)24(17-8-10-19(27)11-9-17)29(25(26)32)22(15-30)16-6-7-16/h3-5,8-12,16,21-22,24,30H,6-7,13-15H2,1-2H3/t21?,22-,24-,26+/m1/s1. The molecule has 1 saturated heterocycles. The number of likely N-dealkylation sites (tertiary alicyclic amines) is 1. The van der Waals surface area contributed by atoms with Gasteiger partial charge >= 0.3 is 5.97 Å². The molecule has 4 rings (SSSR count). The molecule has 1 N–H and O–H groups in total. The molecule has 0 spiro atoms. The van der Waals surface area contributed by atoms with Gasteiger partial charge in [0.1, 0.15) is 0 Å². The third-order valence-electron chi connectivity index (χ3n) is 7.06. The maximum atomic E-state index is 14.1. The normalized spacial score (nSPS) is 26.2. The molecule has 7 heteroatoms. The van der Waals surface area contributed by atoms with Crippen molar-refractivity contribution in [2.75, 3.05) is 13.7 Å². The third-order valence-corrected chi connectivity index (χ3v) is 7.55. The van der Waals surface area contributed by atoms with E-state index < -0.39 is 11.4 Å². The molecule has 1 saturated carbocycles. The number of esters is 1. The number of ether oxygens (including phenoxy) is 1. The molecule has 0 bridgehead atoms. The van der Waals surface area contributed by atoms with Gasteiger partial charge in [0.2, 0.25) is 5.91 Å². The number of rotatable bonds is 7. The lowest BCUT2D eigenvalue weighted by Crippen LogP contribution is -2.57. The van der Waals surface area contributed by atoms with Crippen LogP contribution in [0.25, 0.3) is 0 Å². The summed E-state index contributed by atoms with van der Waals surface area (Å²) in [5, 5.41) is 11.6. The molecular weight excluding hydrogens is 461 g/mol. The fraction of sp³-hybridized carbons (Fsp3) is 0.462. The number of methoxy groups -OCH3 is 1. The summed E-state index contributed by atoms with van der Waals surface area (Å²) in [5.41, 5.74) is 0.964. The van der Waals surface area contributed by atoms with Gasteiger partial charge in [0.05, 0.1) is 37.6 Å². The first-order valence-corrected chi connectivity index (χ1v) is 12.0. The Labute approximate surface area is 204 Å². The van der Waals surface area contributed by atoms with Crippen LogP contribution in [0.2, 0.25) is 10.0 Å². The van der Waals surface area contributed by atoms with Crippen molar-refractivity contribution in [3.05, 3.63) is 69.7 Å². The maximum absolute atomic E-state index is 14.1. The lowest BCUT2D eigenvalue weighted by molar-refractivity contribution is -0.163. The molecule has 2 aliphatic rings. The number of piperidine rings is 1. The van der Waals surface area contributed by atoms with E-state index in [0.29, 0.717) is 16.5 Å². The van der Waals surface area contributed by atoms with Crippen LogP contribution in [0.15, 0.2) is 48.5 Å². The van der Waals surface area contributed by atoms with E-state index in [1.165, 1.54) is 7.11 Å². The summed E-state index contributed by atoms with van der Waals surface area (Å²) >= 11 is 12.5. The van der Waals surface area contributed by atoms with E-state index in [1.807, 2.05) is 60.4 Å². The van der Waals surface area contributed by atoms with Crippen LogP contribution in [0.1, 0.15) is 55.7 Å². The number of aliphatic hydroxyl groups excluding tert-OH is 1. The Bertz CT molecular complexity index is 1020. The second kappa shape index (κ2) is 9.65. The second-order valence-corrected chi connectivity index (χ2v) is 10.3. The Kier molecular flexibility index (Phi) is 7.04. The summed E-state index contributed by atoms with van der Waals surface area (Å²) in [6.07, 6.45) is 2.37. The average molecular weight is 490 g/mol. The van der Waals surface area contributed by atoms with E-state index in [0.717, 1.165) is 24.0 Å². The highest BCUT2D eigenvalue weighted by Crippen LogP contribution is 2.54. The molecule has 4 atom stereocenters. The first-order chi connectivity index (χ1) is 15.8. The van der Waals surface area contributed by atoms with Crippen molar-refractivity contribution in [2.45, 2.75) is 50.6 Å². The molecule has 0 aromatic heterocycles. The summed E-state index contributed by atoms with van der Waals surface area (Å²) in [7, 11) is 1.34. The zero-order valence-electron chi connectivity index (χ0n) is 18.8. The molecule has 1 aliphatic carbocycles. The van der Waals surface area contributed by atoms with Crippen LogP contribution in [-0.2, 0) is 14.3 Å². The van der Waals surface area contributed by atoms with Crippen LogP contribution in [0.3, 0.4) is 0 Å². The number of carbonyl (C=O) groups is 2. The van der Waals surface area contributed by atoms with Crippen LogP contribution in [0.4, 0.5) is 0 Å². The number of hydrogen-bond acceptors (Lipinski definition) is 4. The number of hydrogen-bond donors (Lipinski definition) is 1. The van der Waals surface area contributed by atoms with E-state index in [-0.39, 0.29) is 42.9 Å². The smallest absolute Gasteiger partial charge is 0.306 e. The lowest BCUT2D eigenvalue weighted by Gasteiger charge is -2.52. The molecule has 0 radical (unpaired) electrons. The monoisotopic (exact) mass is 489 g/mol. The van der Waals surface area contributed by atoms with Crippen molar-refractivity contribution >= 4 is 35.1 Å². The van der Waals surface area contributed by atoms with Crippen LogP contribution in [-0.4, -0.2) is 41.6 Å². The number of carbonyl (C=O) groups excluding carboxylic acids is 2. The van der Waals surface area contributed by atoms with E-state index in [4.69, 9.17) is 27.9 Å². The molecule has 2 aromatic carbocycles. The second-order valence-electron chi connectivity index (χ2n) is 9.48. The van der Waals surface area contributed by atoms with Gasteiger partial charge in [-0.1, -0.05) is 54.4 Å². The van der Waals surface area contributed by atoms with E-state index in [9.17, 15) is 14.7 Å². The van der Waals surface area contributed by atoms with E-state index >= 15 is 0 Å². The average Bonchev–Trinajstić information content (AvgIpc) is 3.63. The van der Waals surface area contributed by atoms with Crippen molar-refractivity contribution in [3.8, 4) is 0 Å². The van der Waals surface area contributed by atoms with Crippen molar-refractivity contribution < 1.29 is 19.4 Å². The fourth-order valence-corrected chi connectivity index (χ4v) is 5.57. The molecule has 1 unspecified atom stereocenters. The van der Waals surface area contributed by atoms with Gasteiger partial charge in [0, 0.05) is 16.0 Å². The summed E-state index contributed by atoms with van der Waals surface area (Å²) in [6.45, 7) is 1.70. The Morgan fingerprint density at radius 1 is 1.15 bits per heavy atom. The van der Waals surface area contributed by atoms with Crippen LogP contribution in [0.5, 0.6) is 0 Å². The minimum atomic E-state index is -0.967. The van der Waals surface area contributed by atoms with Crippen LogP contribution < -0.4 is 0 Å². The molecule has 2 fully saturated rings. The zero-order valence-corrected chi connectivity index (χ0v) is 20.4. The zero-order chi connectivity index (χ0) is 23.8. The number of halogens is 2. The van der Waals surface area contributed by atoms with Crippen molar-refractivity contribution in [2.24, 2.45) is 11.3 Å². The summed E-state index contributed by atoms with van der Waals surface area (Å²) in [4.78, 5) is 28.3. The van der Waals surface area contributed by atoms with Gasteiger partial charge in [-0.3, -0.25) is 9.59 Å². The fourth-order valence-electron chi connectivity index (χ4n) is 5.25. The summed E-state index contributed by atoms with van der Waals surface area (Å²) in [5.74, 6) is -0.441. The van der Waals surface area contributed by atoms with Crippen molar-refractivity contribution in [1.82, 2.24) is 4.90 Å². The molecule has 5 nitrogen and oxygen atoms in total. The quantitative estimate of drug-likeness (QED) is 0.529. The molecule has 1 heterocycles. The van der Waals surface area contributed by atoms with Gasteiger partial charge in [-0.05, 0) is 60.6 Å². The Morgan fingerprint density at radius 3 is 2.42 bits per heavy atom. The third kappa shape index (κ3) is 4.91. The Morgan fingerprint density at radius 2 is 1.85 bits per heavy atom. The first kappa shape index (κ1) is 24.1. The maximum Gasteiger partial charge on any atom is 0.306 e. The number of amides is 1. The molecule has 1 amide bonds. The molecule has 1 aliphatic heterocycles. The van der Waals surface area contributed by atoms with E-state index in [2.05, 4.69) is 0 Å². The number of nitrogens with zero attached hydrogens (tertiary/aromatic N) is 1. The highest BCUT2D eigenvalue weighted by Gasteiger charge is 2.54. The van der Waals surface area contributed by atoms with Gasteiger partial charge in [0.15, 0.2) is 0 Å². The van der Waals surface area contributed by atoms with Crippen LogP contribution in [0, 0.1) is 11.3 Å². The minimum absolute atomic E-state index is 0.0218. The van der Waals surface area contributed by atoms with Crippen LogP contribution >= 0.6 is 23.2 Å². The van der Waals surface area contributed by atoms with Gasteiger partial charge in [-0.15, -0.1) is 0 Å². The topological polar surface area (TPSA) is 66.8 Å². The SMILES string of the molecule is COC(=O)C[C@]1(C)CC(c2cccc(Cl)c2)[C@@H](c2ccc(Cl)cc2)N([C@H](CO)C2CC2)C1=O. The van der Waals surface area contributed by atoms with Gasteiger partial charge in [0.25, 0.3) is 0 Å². The van der Waals surface area contributed by atoms with Gasteiger partial charge < -0.3 is 14.7 Å². The van der Waals surface area contributed by atoms with Gasteiger partial charge in [-0.25, -0.2) is 0 Å². The lowest BCUT2D eigenvalue weighted by atomic mass is 9.67. The number of aliphatic hydroxyl groups is 1. The van der Waals surface area contributed by atoms with Crippen molar-refractivity contribution in [3.63, 3.8) is 0 Å². The molecular formula is C26H29Cl2NO4. The number of benzene rings is 2. The predicted octanol–water partition coefficient (Wildman–Crippen LogP) is 5.39. The minimum Gasteiger partial charge on any atom is -0.469 e. The highest BCUT2D eigenvalue weighted by molar-refractivity contribution is 6.30. The molecule has 2 aromatic rings. The summed E-state index contributed by atoms with van der Waals surface area (Å²) in [6, 6.07) is 14.5. The van der Waals surface area contributed by atoms with E-state index in [1.54, 1.807) is 0 Å². The largest absolute Gasteiger partial charge is 0.469 e.